The number of imide groups is 1. The molecular formula is C16H14ClNO6. The van der Waals surface area contributed by atoms with Crippen LogP contribution in [0.25, 0.3) is 11.3 Å². The third-order valence-corrected chi connectivity index (χ3v) is 3.13. The lowest BCUT2D eigenvalue weighted by molar-refractivity contribution is -0.123. The van der Waals surface area contributed by atoms with Crippen LogP contribution in [0.15, 0.2) is 40.8 Å². The highest BCUT2D eigenvalue weighted by atomic mass is 35.5. The zero-order valence-electron chi connectivity index (χ0n) is 12.7. The number of rotatable bonds is 5. The largest absolute Gasteiger partial charge is 0.450 e. The van der Waals surface area contributed by atoms with E-state index in [1.54, 1.807) is 37.3 Å². The van der Waals surface area contributed by atoms with Gasteiger partial charge in [-0.05, 0) is 31.2 Å². The number of carbonyl (C=O) groups is 3. The summed E-state index contributed by atoms with van der Waals surface area (Å²) in [5.74, 6) is -1.34. The average molecular weight is 352 g/mol. The summed E-state index contributed by atoms with van der Waals surface area (Å²) in [6, 6.07) is 9.95. The number of carbonyl (C=O) groups excluding carboxylic acids is 3. The number of ether oxygens (including phenoxy) is 2. The Hall–Kier alpha value is -2.80. The minimum absolute atomic E-state index is 0.0890. The number of halogens is 1. The molecule has 1 N–H and O–H groups in total. The molecule has 0 atom stereocenters. The summed E-state index contributed by atoms with van der Waals surface area (Å²) in [6.45, 7) is 1.08. The van der Waals surface area contributed by atoms with Crippen molar-refractivity contribution < 1.29 is 28.3 Å². The van der Waals surface area contributed by atoms with Crippen molar-refractivity contribution in [1.29, 1.82) is 0 Å². The Morgan fingerprint density at radius 1 is 1.12 bits per heavy atom. The molecule has 0 fully saturated rings. The van der Waals surface area contributed by atoms with E-state index in [0.717, 1.165) is 0 Å². The Kier molecular flexibility index (Phi) is 5.97. The smallest absolute Gasteiger partial charge is 0.413 e. The van der Waals surface area contributed by atoms with Crippen molar-refractivity contribution in [3.8, 4) is 11.3 Å². The van der Waals surface area contributed by atoms with Gasteiger partial charge >= 0.3 is 12.1 Å². The van der Waals surface area contributed by atoms with E-state index >= 15 is 0 Å². The van der Waals surface area contributed by atoms with E-state index in [1.165, 1.54) is 6.07 Å². The lowest BCUT2D eigenvalue weighted by atomic mass is 10.2. The molecule has 0 aliphatic heterocycles. The fourth-order valence-electron chi connectivity index (χ4n) is 1.77. The minimum Gasteiger partial charge on any atom is -0.450 e. The van der Waals surface area contributed by atoms with Crippen molar-refractivity contribution in [1.82, 2.24) is 5.32 Å². The molecule has 0 spiro atoms. The van der Waals surface area contributed by atoms with Crippen molar-refractivity contribution >= 4 is 29.6 Å². The van der Waals surface area contributed by atoms with Crippen LogP contribution in [-0.2, 0) is 14.3 Å². The number of esters is 1. The molecule has 1 aromatic heterocycles. The number of hydrogen-bond donors (Lipinski definition) is 1. The molecule has 2 aromatic rings. The van der Waals surface area contributed by atoms with Crippen LogP contribution in [0, 0.1) is 0 Å². The van der Waals surface area contributed by atoms with Crippen LogP contribution in [0.3, 0.4) is 0 Å². The van der Waals surface area contributed by atoms with Gasteiger partial charge in [-0.25, -0.2) is 9.59 Å². The first-order valence-electron chi connectivity index (χ1n) is 6.99. The van der Waals surface area contributed by atoms with Crippen LogP contribution in [0.5, 0.6) is 0 Å². The summed E-state index contributed by atoms with van der Waals surface area (Å²) in [5.41, 5.74) is 0.623. The second-order valence-electron chi connectivity index (χ2n) is 4.49. The van der Waals surface area contributed by atoms with Crippen LogP contribution in [0.2, 0.25) is 5.02 Å². The molecule has 0 unspecified atom stereocenters. The third-order valence-electron chi connectivity index (χ3n) is 2.80. The van der Waals surface area contributed by atoms with Crippen LogP contribution < -0.4 is 5.32 Å². The fraction of sp³-hybridized carbons (Fsp3) is 0.188. The topological polar surface area (TPSA) is 94.8 Å². The van der Waals surface area contributed by atoms with E-state index in [-0.39, 0.29) is 12.4 Å². The van der Waals surface area contributed by atoms with Crippen molar-refractivity contribution in [2.45, 2.75) is 6.92 Å². The predicted molar refractivity (Wildman–Crippen MR) is 84.6 cm³/mol. The van der Waals surface area contributed by atoms with E-state index in [9.17, 15) is 14.4 Å². The molecule has 0 aliphatic carbocycles. The lowest BCUT2D eigenvalue weighted by Gasteiger charge is -2.04. The highest BCUT2D eigenvalue weighted by Crippen LogP contribution is 2.29. The molecule has 2 amide bonds. The molecule has 0 saturated carbocycles. The number of nitrogens with one attached hydrogen (secondary N) is 1. The predicted octanol–water partition coefficient (Wildman–Crippen LogP) is 3.03. The van der Waals surface area contributed by atoms with Crippen LogP contribution in [0.1, 0.15) is 17.5 Å². The number of benzene rings is 1. The second-order valence-corrected chi connectivity index (χ2v) is 4.90. The molecule has 2 rings (SSSR count). The first-order valence-corrected chi connectivity index (χ1v) is 7.37. The van der Waals surface area contributed by atoms with Gasteiger partial charge < -0.3 is 13.9 Å². The number of amides is 2. The Morgan fingerprint density at radius 2 is 1.88 bits per heavy atom. The standard InChI is InChI=1S/C16H14ClNO6/c1-2-22-16(21)18-14(19)9-23-15(20)13-8-7-12(24-13)10-5-3-4-6-11(10)17/h3-8H,2,9H2,1H3,(H,18,19,21). The van der Waals surface area contributed by atoms with Gasteiger partial charge in [0.2, 0.25) is 5.76 Å². The highest BCUT2D eigenvalue weighted by Gasteiger charge is 2.17. The van der Waals surface area contributed by atoms with Gasteiger partial charge in [-0.15, -0.1) is 0 Å². The van der Waals surface area contributed by atoms with Gasteiger partial charge in [0.25, 0.3) is 5.91 Å². The molecule has 24 heavy (non-hydrogen) atoms. The van der Waals surface area contributed by atoms with Crippen molar-refractivity contribution in [3.63, 3.8) is 0 Å². The van der Waals surface area contributed by atoms with Gasteiger partial charge in [0.15, 0.2) is 6.61 Å². The van der Waals surface area contributed by atoms with Gasteiger partial charge in [-0.1, -0.05) is 23.7 Å². The van der Waals surface area contributed by atoms with Crippen molar-refractivity contribution in [3.05, 3.63) is 47.2 Å². The Bertz CT molecular complexity index is 755. The molecule has 7 nitrogen and oxygen atoms in total. The van der Waals surface area contributed by atoms with Gasteiger partial charge in [-0.2, -0.15) is 0 Å². The molecule has 0 aliphatic rings. The summed E-state index contributed by atoms with van der Waals surface area (Å²) >= 11 is 6.05. The molecule has 0 radical (unpaired) electrons. The van der Waals surface area contributed by atoms with E-state index in [4.69, 9.17) is 20.8 Å². The second kappa shape index (κ2) is 8.16. The Morgan fingerprint density at radius 3 is 2.58 bits per heavy atom. The minimum atomic E-state index is -0.905. The summed E-state index contributed by atoms with van der Waals surface area (Å²) in [4.78, 5) is 34.3. The Labute approximate surface area is 142 Å². The van der Waals surface area contributed by atoms with Gasteiger partial charge in [0, 0.05) is 5.56 Å². The number of furan rings is 1. The zero-order valence-corrected chi connectivity index (χ0v) is 13.5. The molecule has 1 aromatic carbocycles. The van der Waals surface area contributed by atoms with E-state index in [2.05, 4.69) is 4.74 Å². The van der Waals surface area contributed by atoms with Crippen molar-refractivity contribution in [2.75, 3.05) is 13.2 Å². The van der Waals surface area contributed by atoms with Crippen LogP contribution in [0.4, 0.5) is 4.79 Å². The van der Waals surface area contributed by atoms with E-state index in [0.29, 0.717) is 16.3 Å². The van der Waals surface area contributed by atoms with Crippen LogP contribution in [-0.4, -0.2) is 31.2 Å². The van der Waals surface area contributed by atoms with Gasteiger partial charge in [0.1, 0.15) is 5.76 Å². The summed E-state index contributed by atoms with van der Waals surface area (Å²) in [6.07, 6.45) is -0.905. The quantitative estimate of drug-likeness (QED) is 0.832. The lowest BCUT2D eigenvalue weighted by Crippen LogP contribution is -2.34. The highest BCUT2D eigenvalue weighted by molar-refractivity contribution is 6.33. The van der Waals surface area contributed by atoms with Gasteiger partial charge in [0.05, 0.1) is 11.6 Å². The molecule has 8 heteroatoms. The summed E-state index contributed by atoms with van der Waals surface area (Å²) < 4.78 is 14.7. The molecule has 1 heterocycles. The maximum atomic E-state index is 11.8. The first kappa shape index (κ1) is 17.6. The SMILES string of the molecule is CCOC(=O)NC(=O)COC(=O)c1ccc(-c2ccccc2Cl)o1. The maximum Gasteiger partial charge on any atom is 0.413 e. The fourth-order valence-corrected chi connectivity index (χ4v) is 2.00. The average Bonchev–Trinajstić information content (AvgIpc) is 3.03. The number of alkyl carbamates (subject to hydrolysis) is 1. The Balaban J connectivity index is 1.93. The van der Waals surface area contributed by atoms with Crippen molar-refractivity contribution in [2.24, 2.45) is 0 Å². The van der Waals surface area contributed by atoms with Gasteiger partial charge in [-0.3, -0.25) is 10.1 Å². The summed E-state index contributed by atoms with van der Waals surface area (Å²) in [7, 11) is 0. The third kappa shape index (κ3) is 4.60. The summed E-state index contributed by atoms with van der Waals surface area (Å²) in [5, 5.41) is 2.37. The van der Waals surface area contributed by atoms with E-state index < -0.39 is 24.6 Å². The zero-order chi connectivity index (χ0) is 17.5. The molecule has 0 bridgehead atoms. The normalized spacial score (nSPS) is 10.1. The number of hydrogen-bond acceptors (Lipinski definition) is 6. The molecule has 126 valence electrons. The molecular weight excluding hydrogens is 338 g/mol. The monoisotopic (exact) mass is 351 g/mol. The maximum absolute atomic E-state index is 11.8. The first-order chi connectivity index (χ1) is 11.5. The van der Waals surface area contributed by atoms with Crippen LogP contribution >= 0.6 is 11.6 Å². The van der Waals surface area contributed by atoms with E-state index in [1.807, 2.05) is 5.32 Å². The molecule has 0 saturated heterocycles.